The van der Waals surface area contributed by atoms with Crippen molar-refractivity contribution < 1.29 is 58.8 Å². The van der Waals surface area contributed by atoms with Crippen molar-refractivity contribution in [3.05, 3.63) is 37.2 Å². The molecule has 15 heteroatoms. The molecule has 0 fully saturated rings. The maximum absolute atomic E-state index is 8.89. The molecule has 14 N–H and O–H groups in total. The van der Waals surface area contributed by atoms with Crippen LogP contribution in [0.4, 0.5) is 11.6 Å². The van der Waals surface area contributed by atoms with Gasteiger partial charge in [-0.2, -0.15) is 0 Å². The topological polar surface area (TPSA) is 313 Å². The summed E-state index contributed by atoms with van der Waals surface area (Å²) < 4.78 is 0. The molecule has 2 aromatic rings. The molecule has 0 bridgehead atoms. The summed E-state index contributed by atoms with van der Waals surface area (Å²) in [5.74, 6) is -1.25. The van der Waals surface area contributed by atoms with Gasteiger partial charge in [0.15, 0.2) is 0 Å². The Morgan fingerprint density at radius 3 is 1.07 bits per heavy atom. The monoisotopic (exact) mass is 437 g/mol. The van der Waals surface area contributed by atoms with E-state index < -0.39 is 11.9 Å². The van der Waals surface area contributed by atoms with E-state index in [1.807, 2.05) is 0 Å². The van der Waals surface area contributed by atoms with E-state index in [2.05, 4.69) is 19.9 Å². The first-order valence-corrected chi connectivity index (χ1v) is 5.63. The molecule has 0 saturated heterocycles. The second-order valence-electron chi connectivity index (χ2n) is 3.24. The van der Waals surface area contributed by atoms with Crippen molar-refractivity contribution in [3.63, 3.8) is 0 Å². The molecule has 0 saturated carbocycles. The molecular formula is C12H26MnN6O8+2. The van der Waals surface area contributed by atoms with Gasteiger partial charge in [0.1, 0.15) is 11.6 Å². The van der Waals surface area contributed by atoms with Crippen molar-refractivity contribution in [2.75, 3.05) is 11.5 Å². The van der Waals surface area contributed by atoms with Crippen LogP contribution in [0, 0.1) is 0 Å². The predicted molar refractivity (Wildman–Crippen MR) is 91.2 cm³/mol. The third kappa shape index (κ3) is 60.0. The minimum absolute atomic E-state index is 0. The largest absolute Gasteiger partial charge is 2.00 e. The quantitative estimate of drug-likeness (QED) is 0.290. The standard InChI is InChI=1S/2C4H5N3.2C2H4O2.Mn.4H2O/c2*5-4-3-6-1-2-7-4;2*1-2(3)4;;;;;/h2*1-3H,(H2,5,7);2*1H3,(H,3,4);;4*1H2/q;;;;+2;;;;. The van der Waals surface area contributed by atoms with E-state index in [-0.39, 0.29) is 39.0 Å². The molecule has 1 radical (unpaired) electrons. The van der Waals surface area contributed by atoms with E-state index in [4.69, 9.17) is 31.3 Å². The number of carbonyl (C=O) groups is 2. The van der Waals surface area contributed by atoms with Crippen LogP contribution in [-0.4, -0.2) is 42.8 Å². The zero-order valence-corrected chi connectivity index (χ0v) is 15.8. The molecule has 2 rings (SSSR count). The van der Waals surface area contributed by atoms with Gasteiger partial charge in [-0.25, -0.2) is 9.97 Å². The minimum atomic E-state index is -1.08. The van der Waals surface area contributed by atoms with E-state index in [0.717, 1.165) is 13.8 Å². The number of carboxylic acid groups (broad SMARTS) is 2. The normalized spacial score (nSPS) is 6.30. The summed E-state index contributed by atoms with van der Waals surface area (Å²) in [6.45, 7) is 1.94. The first-order chi connectivity index (χ1) is 10.3. The van der Waals surface area contributed by atoms with E-state index in [9.17, 15) is 0 Å². The van der Waals surface area contributed by atoms with Crippen LogP contribution in [0.2, 0.25) is 0 Å². The maximum Gasteiger partial charge on any atom is 2.00 e. The summed E-state index contributed by atoms with van der Waals surface area (Å²) in [7, 11) is 0. The van der Waals surface area contributed by atoms with Crippen molar-refractivity contribution in [2.45, 2.75) is 13.8 Å². The van der Waals surface area contributed by atoms with Crippen LogP contribution in [0.3, 0.4) is 0 Å². The molecular weight excluding hydrogens is 411 g/mol. The van der Waals surface area contributed by atoms with Crippen LogP contribution in [0.25, 0.3) is 0 Å². The fraction of sp³-hybridized carbons (Fsp3) is 0.167. The van der Waals surface area contributed by atoms with Crippen LogP contribution in [0.1, 0.15) is 13.8 Å². The molecule has 157 valence electrons. The Morgan fingerprint density at radius 1 is 0.778 bits per heavy atom. The Labute approximate surface area is 165 Å². The number of aromatic nitrogens is 4. The van der Waals surface area contributed by atoms with Gasteiger partial charge in [-0.05, 0) is 13.8 Å². The average molecular weight is 437 g/mol. The van der Waals surface area contributed by atoms with Crippen molar-refractivity contribution >= 4 is 23.6 Å². The summed E-state index contributed by atoms with van der Waals surface area (Å²) in [4.78, 5) is 32.6. The van der Waals surface area contributed by atoms with E-state index >= 15 is 0 Å². The third-order valence-corrected chi connectivity index (χ3v) is 1.17. The van der Waals surface area contributed by atoms with Crippen molar-refractivity contribution in [2.24, 2.45) is 0 Å². The number of nitrogen functional groups attached to an aromatic ring is 2. The van der Waals surface area contributed by atoms with Crippen molar-refractivity contribution in [3.8, 4) is 0 Å². The van der Waals surface area contributed by atoms with E-state index in [0.29, 0.717) is 11.6 Å². The average Bonchev–Trinajstić information content (AvgIpc) is 2.40. The van der Waals surface area contributed by atoms with Crippen LogP contribution < -0.4 is 21.7 Å². The van der Waals surface area contributed by atoms with Gasteiger partial charge in [0, 0.05) is 36.7 Å². The fourth-order valence-electron chi connectivity index (χ4n) is 0.621. The summed E-state index contributed by atoms with van der Waals surface area (Å²) >= 11 is 0. The van der Waals surface area contributed by atoms with Crippen LogP contribution in [0.15, 0.2) is 37.2 Å². The first kappa shape index (κ1) is 44.0. The molecule has 0 amide bonds. The Hall–Kier alpha value is -2.94. The van der Waals surface area contributed by atoms with Gasteiger partial charge >= 0.3 is 17.1 Å². The van der Waals surface area contributed by atoms with Gasteiger partial charge in [-0.15, -0.1) is 0 Å². The van der Waals surface area contributed by atoms with Crippen LogP contribution >= 0.6 is 0 Å². The zero-order valence-electron chi connectivity index (χ0n) is 14.6. The molecule has 14 nitrogen and oxygen atoms in total. The summed E-state index contributed by atoms with van der Waals surface area (Å²) in [5, 5.41) is 17.8. The predicted octanol–water partition coefficient (Wildman–Crippen LogP) is -5.87. The summed E-state index contributed by atoms with van der Waals surface area (Å²) in [6, 6.07) is 0. The molecule has 2 aromatic heterocycles. The van der Waals surface area contributed by atoms with Gasteiger partial charge < -0.3 is 53.2 Å². The van der Waals surface area contributed by atoms with Gasteiger partial charge in [0.25, 0.3) is 0 Å². The van der Waals surface area contributed by atoms with Gasteiger partial charge in [0.05, 0.1) is 12.4 Å². The molecule has 0 spiro atoms. The number of anilines is 2. The third-order valence-electron chi connectivity index (χ3n) is 1.17. The van der Waals surface area contributed by atoms with Crippen molar-refractivity contribution in [1.29, 1.82) is 0 Å². The molecule has 0 atom stereocenters. The van der Waals surface area contributed by atoms with Crippen LogP contribution in [0.5, 0.6) is 0 Å². The fourth-order valence-corrected chi connectivity index (χ4v) is 0.621. The number of nitrogens with zero attached hydrogens (tertiary/aromatic N) is 4. The Bertz CT molecular complexity index is 480. The smallest absolute Gasteiger partial charge is 0.550 e. The van der Waals surface area contributed by atoms with Crippen molar-refractivity contribution in [1.82, 2.24) is 19.9 Å². The maximum atomic E-state index is 8.89. The first-order valence-electron chi connectivity index (χ1n) is 5.63. The number of carbonyl (C=O) groups excluding carboxylic acids is 2. The Morgan fingerprint density at radius 2 is 1.00 bits per heavy atom. The number of hydrogen-bond donors (Lipinski definition) is 2. The second-order valence-corrected chi connectivity index (χ2v) is 3.24. The molecule has 0 unspecified atom stereocenters. The van der Waals surface area contributed by atoms with Crippen LogP contribution in [-0.2, 0) is 37.6 Å². The summed E-state index contributed by atoms with van der Waals surface area (Å²) in [5.41, 5.74) is 10.4. The number of rotatable bonds is 0. The molecule has 0 aromatic carbocycles. The number of carboxylic acids is 2. The second kappa shape index (κ2) is 30.9. The summed E-state index contributed by atoms with van der Waals surface area (Å²) in [6.07, 6.45) is 9.26. The van der Waals surface area contributed by atoms with E-state index in [1.165, 1.54) is 12.4 Å². The number of nitrogens with two attached hydrogens (primary N) is 2. The van der Waals surface area contributed by atoms with Gasteiger partial charge in [0.2, 0.25) is 0 Å². The number of aliphatic carboxylic acids is 2. The Kier molecular flexibility index (Phi) is 50.3. The SMILES string of the molecule is CC(=O)[O-].CC(=O)[O-].Nc1cnccn1.Nc1cnccn1.O.O.[Mn+2].[OH3+].[OH3+]. The molecule has 0 aliphatic carbocycles. The van der Waals surface area contributed by atoms with Gasteiger partial charge in [-0.1, -0.05) is 0 Å². The Balaban J connectivity index is -0.0000000384. The van der Waals surface area contributed by atoms with Gasteiger partial charge in [-0.3, -0.25) is 9.97 Å². The minimum Gasteiger partial charge on any atom is -0.550 e. The molecule has 0 aliphatic rings. The number of hydrogen-bond acceptors (Lipinski definition) is 10. The molecule has 27 heavy (non-hydrogen) atoms. The zero-order chi connectivity index (χ0) is 17.4. The molecule has 2 heterocycles. The van der Waals surface area contributed by atoms with E-state index in [1.54, 1.807) is 24.8 Å². The molecule has 0 aliphatic heterocycles.